The van der Waals surface area contributed by atoms with Gasteiger partial charge in [-0.3, -0.25) is 4.79 Å². The molecule has 2 aromatic rings. The molecule has 0 aliphatic heterocycles. The highest BCUT2D eigenvalue weighted by molar-refractivity contribution is 7.89. The van der Waals surface area contributed by atoms with Gasteiger partial charge in [0.05, 0.1) is 11.4 Å². The van der Waals surface area contributed by atoms with Crippen LogP contribution in [0.5, 0.6) is 0 Å². The third-order valence-electron chi connectivity index (χ3n) is 4.74. The first-order chi connectivity index (χ1) is 13.2. The van der Waals surface area contributed by atoms with E-state index in [2.05, 4.69) is 5.32 Å². The quantitative estimate of drug-likeness (QED) is 0.742. The molecule has 1 N–H and O–H groups in total. The topological polar surface area (TPSA) is 66.5 Å². The summed E-state index contributed by atoms with van der Waals surface area (Å²) in [6.07, 6.45) is 1.90. The van der Waals surface area contributed by atoms with Crippen molar-refractivity contribution < 1.29 is 13.2 Å². The van der Waals surface area contributed by atoms with Crippen LogP contribution in [0.25, 0.3) is 0 Å². The van der Waals surface area contributed by atoms with Gasteiger partial charge in [0.15, 0.2) is 0 Å². The molecule has 5 nitrogen and oxygen atoms in total. The molecule has 0 saturated heterocycles. The lowest BCUT2D eigenvalue weighted by atomic mass is 10.1. The molecule has 0 bridgehead atoms. The summed E-state index contributed by atoms with van der Waals surface area (Å²) in [6, 6.07) is 10.9. The first-order valence-corrected chi connectivity index (χ1v) is 11.1. The summed E-state index contributed by atoms with van der Waals surface area (Å²) in [5, 5.41) is 3.45. The molecule has 0 unspecified atom stereocenters. The zero-order chi connectivity index (χ0) is 20.5. The van der Waals surface area contributed by atoms with Crippen LogP contribution in [-0.2, 0) is 21.4 Å². The standard InChI is InChI=1S/C21H25ClN2O3S/c1-14-10-15(2)21(16(3)11-14)28(26,27)24(13-20(25)23-19-8-9-19)12-17-4-6-18(22)7-5-17/h4-7,10-11,19H,8-9,12-13H2,1-3H3,(H,23,25). The van der Waals surface area contributed by atoms with Crippen molar-refractivity contribution in [3.8, 4) is 0 Å². The number of rotatable bonds is 7. The minimum atomic E-state index is -3.86. The van der Waals surface area contributed by atoms with Crippen molar-refractivity contribution >= 4 is 27.5 Å². The van der Waals surface area contributed by atoms with Gasteiger partial charge in [0, 0.05) is 17.6 Å². The van der Waals surface area contributed by atoms with E-state index in [0.717, 1.165) is 24.0 Å². The highest BCUT2D eigenvalue weighted by atomic mass is 35.5. The molecule has 1 saturated carbocycles. The predicted molar refractivity (Wildman–Crippen MR) is 111 cm³/mol. The maximum atomic E-state index is 13.5. The number of amides is 1. The van der Waals surface area contributed by atoms with Crippen LogP contribution >= 0.6 is 11.6 Å². The molecular weight excluding hydrogens is 396 g/mol. The minimum absolute atomic E-state index is 0.102. The van der Waals surface area contributed by atoms with Gasteiger partial charge < -0.3 is 5.32 Å². The number of halogens is 1. The van der Waals surface area contributed by atoms with E-state index in [9.17, 15) is 13.2 Å². The van der Waals surface area contributed by atoms with E-state index in [4.69, 9.17) is 11.6 Å². The molecule has 150 valence electrons. The van der Waals surface area contributed by atoms with Gasteiger partial charge in [0.2, 0.25) is 15.9 Å². The number of aryl methyl sites for hydroxylation is 3. The average molecular weight is 421 g/mol. The Kier molecular flexibility index (Phi) is 6.12. The highest BCUT2D eigenvalue weighted by Gasteiger charge is 2.31. The van der Waals surface area contributed by atoms with E-state index >= 15 is 0 Å². The molecule has 0 aromatic heterocycles. The number of benzene rings is 2. The van der Waals surface area contributed by atoms with Crippen molar-refractivity contribution in [2.24, 2.45) is 0 Å². The van der Waals surface area contributed by atoms with Gasteiger partial charge in [0.1, 0.15) is 0 Å². The zero-order valence-corrected chi connectivity index (χ0v) is 17.9. The third-order valence-corrected chi connectivity index (χ3v) is 7.09. The van der Waals surface area contributed by atoms with Crippen molar-refractivity contribution in [3.05, 3.63) is 63.7 Å². The van der Waals surface area contributed by atoms with Crippen LogP contribution in [0, 0.1) is 20.8 Å². The van der Waals surface area contributed by atoms with Crippen LogP contribution in [0.3, 0.4) is 0 Å². The van der Waals surface area contributed by atoms with Gasteiger partial charge in [-0.25, -0.2) is 8.42 Å². The fraction of sp³-hybridized carbons (Fsp3) is 0.381. The molecule has 1 aliphatic carbocycles. The summed E-state index contributed by atoms with van der Waals surface area (Å²) in [5.41, 5.74) is 3.14. The number of carbonyl (C=O) groups is 1. The number of sulfonamides is 1. The van der Waals surface area contributed by atoms with Crippen molar-refractivity contribution in [1.82, 2.24) is 9.62 Å². The summed E-state index contributed by atoms with van der Waals surface area (Å²) in [4.78, 5) is 12.7. The van der Waals surface area contributed by atoms with Crippen LogP contribution in [-0.4, -0.2) is 31.2 Å². The second-order valence-corrected chi connectivity index (χ2v) is 9.78. The fourth-order valence-electron chi connectivity index (χ4n) is 3.38. The Balaban J connectivity index is 1.96. The molecule has 7 heteroatoms. The van der Waals surface area contributed by atoms with E-state index in [0.29, 0.717) is 16.1 Å². The number of carbonyl (C=O) groups excluding carboxylic acids is 1. The van der Waals surface area contributed by atoms with E-state index in [1.54, 1.807) is 38.1 Å². The van der Waals surface area contributed by atoms with Gasteiger partial charge >= 0.3 is 0 Å². The largest absolute Gasteiger partial charge is 0.352 e. The van der Waals surface area contributed by atoms with E-state index in [1.807, 2.05) is 19.1 Å². The van der Waals surface area contributed by atoms with E-state index in [1.165, 1.54) is 4.31 Å². The highest BCUT2D eigenvalue weighted by Crippen LogP contribution is 2.27. The normalized spacial score (nSPS) is 14.3. The van der Waals surface area contributed by atoms with Crippen LogP contribution in [0.1, 0.15) is 35.1 Å². The van der Waals surface area contributed by atoms with Crippen molar-refractivity contribution in [2.45, 2.75) is 51.1 Å². The lowest BCUT2D eigenvalue weighted by molar-refractivity contribution is -0.121. The Labute approximate surface area is 171 Å². The molecule has 28 heavy (non-hydrogen) atoms. The van der Waals surface area contributed by atoms with Crippen LogP contribution in [0.4, 0.5) is 0 Å². The van der Waals surface area contributed by atoms with Gasteiger partial charge in [-0.05, 0) is 62.4 Å². The molecule has 1 fully saturated rings. The van der Waals surface area contributed by atoms with Crippen molar-refractivity contribution in [3.63, 3.8) is 0 Å². The molecule has 3 rings (SSSR count). The fourth-order valence-corrected chi connectivity index (χ4v) is 5.31. The van der Waals surface area contributed by atoms with Gasteiger partial charge in [-0.2, -0.15) is 4.31 Å². The maximum Gasteiger partial charge on any atom is 0.244 e. The van der Waals surface area contributed by atoms with Crippen LogP contribution < -0.4 is 5.32 Å². The van der Waals surface area contributed by atoms with Gasteiger partial charge in [-0.15, -0.1) is 0 Å². The zero-order valence-electron chi connectivity index (χ0n) is 16.3. The summed E-state index contributed by atoms with van der Waals surface area (Å²) in [6.45, 7) is 5.40. The lowest BCUT2D eigenvalue weighted by Crippen LogP contribution is -2.41. The predicted octanol–water partition coefficient (Wildman–Crippen LogP) is 3.73. The second-order valence-electron chi connectivity index (χ2n) is 7.47. The Bertz CT molecular complexity index is 960. The molecular formula is C21H25ClN2O3S. The molecule has 1 aliphatic rings. The molecule has 0 heterocycles. The Hall–Kier alpha value is -1.89. The second kappa shape index (κ2) is 8.23. The lowest BCUT2D eigenvalue weighted by Gasteiger charge is -2.24. The Morgan fingerprint density at radius 3 is 2.21 bits per heavy atom. The molecule has 0 atom stereocenters. The number of nitrogens with one attached hydrogen (secondary N) is 1. The van der Waals surface area contributed by atoms with Crippen molar-refractivity contribution in [2.75, 3.05) is 6.54 Å². The van der Waals surface area contributed by atoms with E-state index < -0.39 is 10.0 Å². The van der Waals surface area contributed by atoms with Crippen LogP contribution in [0.15, 0.2) is 41.3 Å². The first-order valence-electron chi connectivity index (χ1n) is 9.28. The summed E-state index contributed by atoms with van der Waals surface area (Å²) in [5.74, 6) is -0.276. The maximum absolute atomic E-state index is 13.5. The molecule has 1 amide bonds. The molecule has 0 radical (unpaired) electrons. The first kappa shape index (κ1) is 20.8. The molecule has 0 spiro atoms. The summed E-state index contributed by atoms with van der Waals surface area (Å²) >= 11 is 5.94. The SMILES string of the molecule is Cc1cc(C)c(S(=O)(=O)N(CC(=O)NC2CC2)Cc2ccc(Cl)cc2)c(C)c1. The Morgan fingerprint density at radius 2 is 1.68 bits per heavy atom. The summed E-state index contributed by atoms with van der Waals surface area (Å²) in [7, 11) is -3.86. The van der Waals surface area contributed by atoms with Gasteiger partial charge in [-0.1, -0.05) is 41.4 Å². The smallest absolute Gasteiger partial charge is 0.244 e. The Morgan fingerprint density at radius 1 is 1.11 bits per heavy atom. The minimum Gasteiger partial charge on any atom is -0.352 e. The molecule has 2 aromatic carbocycles. The van der Waals surface area contributed by atoms with Gasteiger partial charge in [0.25, 0.3) is 0 Å². The van der Waals surface area contributed by atoms with E-state index in [-0.39, 0.29) is 29.9 Å². The third kappa shape index (κ3) is 4.93. The average Bonchev–Trinajstić information content (AvgIpc) is 3.38. The summed E-state index contributed by atoms with van der Waals surface area (Å²) < 4.78 is 28.3. The monoisotopic (exact) mass is 420 g/mol. The number of hydrogen-bond donors (Lipinski definition) is 1. The number of nitrogens with zero attached hydrogens (tertiary/aromatic N) is 1. The van der Waals surface area contributed by atoms with Crippen molar-refractivity contribution in [1.29, 1.82) is 0 Å². The van der Waals surface area contributed by atoms with Crippen LogP contribution in [0.2, 0.25) is 5.02 Å². The number of hydrogen-bond acceptors (Lipinski definition) is 3.